The molecule has 1 heterocycles. The number of anilines is 1. The molecule has 1 amide bonds. The monoisotopic (exact) mass is 359 g/mol. The SMILES string of the molecule is Cc1ccc(-n2nc(C(=O)Nc3cc(Cl)cc(Cl)c3)cc2C)cc1. The first-order valence-corrected chi connectivity index (χ1v) is 8.09. The van der Waals surface area contributed by atoms with E-state index in [-0.39, 0.29) is 5.91 Å². The Morgan fingerprint density at radius 2 is 1.62 bits per heavy atom. The maximum Gasteiger partial charge on any atom is 0.276 e. The molecule has 1 N–H and O–H groups in total. The molecular formula is C18H15Cl2N3O. The normalized spacial score (nSPS) is 10.7. The van der Waals surface area contributed by atoms with E-state index in [0.29, 0.717) is 21.4 Å². The van der Waals surface area contributed by atoms with Crippen LogP contribution in [0.1, 0.15) is 21.7 Å². The molecule has 0 radical (unpaired) electrons. The maximum atomic E-state index is 12.4. The minimum Gasteiger partial charge on any atom is -0.320 e. The van der Waals surface area contributed by atoms with Gasteiger partial charge in [0.05, 0.1) is 5.69 Å². The van der Waals surface area contributed by atoms with Gasteiger partial charge in [-0.1, -0.05) is 40.9 Å². The van der Waals surface area contributed by atoms with Crippen LogP contribution >= 0.6 is 23.2 Å². The van der Waals surface area contributed by atoms with Gasteiger partial charge in [-0.3, -0.25) is 4.79 Å². The quantitative estimate of drug-likeness (QED) is 0.711. The van der Waals surface area contributed by atoms with E-state index >= 15 is 0 Å². The summed E-state index contributed by atoms with van der Waals surface area (Å²) in [4.78, 5) is 12.4. The number of aromatic nitrogens is 2. The molecule has 0 unspecified atom stereocenters. The summed E-state index contributed by atoms with van der Waals surface area (Å²) in [6, 6.07) is 14.6. The van der Waals surface area contributed by atoms with Gasteiger partial charge in [0, 0.05) is 21.4 Å². The summed E-state index contributed by atoms with van der Waals surface area (Å²) in [6.07, 6.45) is 0. The lowest BCUT2D eigenvalue weighted by molar-refractivity contribution is 0.102. The van der Waals surface area contributed by atoms with Crippen molar-refractivity contribution >= 4 is 34.8 Å². The van der Waals surface area contributed by atoms with Crippen LogP contribution in [0, 0.1) is 13.8 Å². The third-order valence-electron chi connectivity index (χ3n) is 3.52. The number of hydrogen-bond acceptors (Lipinski definition) is 2. The number of amides is 1. The highest BCUT2D eigenvalue weighted by atomic mass is 35.5. The topological polar surface area (TPSA) is 46.9 Å². The first-order chi connectivity index (χ1) is 11.4. The van der Waals surface area contributed by atoms with Gasteiger partial charge in [-0.2, -0.15) is 5.10 Å². The maximum absolute atomic E-state index is 12.4. The molecule has 0 fully saturated rings. The Kier molecular flexibility index (Phi) is 4.60. The number of nitrogens with zero attached hydrogens (tertiary/aromatic N) is 2. The molecule has 3 aromatic rings. The van der Waals surface area contributed by atoms with Gasteiger partial charge in [0.15, 0.2) is 5.69 Å². The number of aryl methyl sites for hydroxylation is 2. The van der Waals surface area contributed by atoms with Gasteiger partial charge in [0.25, 0.3) is 5.91 Å². The Bertz CT molecular complexity index is 881. The number of carbonyl (C=O) groups is 1. The van der Waals surface area contributed by atoms with Crippen LogP contribution in [0.4, 0.5) is 5.69 Å². The third-order valence-corrected chi connectivity index (χ3v) is 3.96. The van der Waals surface area contributed by atoms with Crippen molar-refractivity contribution in [3.63, 3.8) is 0 Å². The first-order valence-electron chi connectivity index (χ1n) is 7.33. The number of carbonyl (C=O) groups excluding carboxylic acids is 1. The van der Waals surface area contributed by atoms with Crippen molar-refractivity contribution in [3.8, 4) is 5.69 Å². The predicted molar refractivity (Wildman–Crippen MR) is 97.5 cm³/mol. The van der Waals surface area contributed by atoms with Gasteiger partial charge >= 0.3 is 0 Å². The Morgan fingerprint density at radius 1 is 1.00 bits per heavy atom. The molecule has 6 heteroatoms. The lowest BCUT2D eigenvalue weighted by Gasteiger charge is -2.05. The number of benzene rings is 2. The van der Waals surface area contributed by atoms with Crippen molar-refractivity contribution in [2.24, 2.45) is 0 Å². The van der Waals surface area contributed by atoms with E-state index in [9.17, 15) is 4.79 Å². The largest absolute Gasteiger partial charge is 0.320 e. The molecule has 0 aliphatic rings. The van der Waals surface area contributed by atoms with Crippen LogP contribution in [0.15, 0.2) is 48.5 Å². The van der Waals surface area contributed by atoms with Gasteiger partial charge in [0.1, 0.15) is 0 Å². The summed E-state index contributed by atoms with van der Waals surface area (Å²) in [7, 11) is 0. The van der Waals surface area contributed by atoms with E-state index in [1.165, 1.54) is 5.56 Å². The van der Waals surface area contributed by atoms with Gasteiger partial charge in [-0.05, 0) is 50.2 Å². The van der Waals surface area contributed by atoms with E-state index in [1.807, 2.05) is 38.1 Å². The van der Waals surface area contributed by atoms with Gasteiger partial charge < -0.3 is 5.32 Å². The van der Waals surface area contributed by atoms with Crippen molar-refractivity contribution in [1.29, 1.82) is 0 Å². The fraction of sp³-hybridized carbons (Fsp3) is 0.111. The number of rotatable bonds is 3. The van der Waals surface area contributed by atoms with Crippen molar-refractivity contribution in [2.75, 3.05) is 5.32 Å². The van der Waals surface area contributed by atoms with Crippen LogP contribution in [-0.4, -0.2) is 15.7 Å². The summed E-state index contributed by atoms with van der Waals surface area (Å²) in [5.41, 5.74) is 3.79. The average molecular weight is 360 g/mol. The molecule has 0 bridgehead atoms. The van der Waals surface area contributed by atoms with E-state index in [2.05, 4.69) is 10.4 Å². The highest BCUT2D eigenvalue weighted by molar-refractivity contribution is 6.35. The highest BCUT2D eigenvalue weighted by Crippen LogP contribution is 2.23. The molecule has 24 heavy (non-hydrogen) atoms. The van der Waals surface area contributed by atoms with Crippen LogP contribution < -0.4 is 5.32 Å². The Hall–Kier alpha value is -2.30. The molecule has 4 nitrogen and oxygen atoms in total. The van der Waals surface area contributed by atoms with Crippen molar-refractivity contribution in [1.82, 2.24) is 9.78 Å². The Morgan fingerprint density at radius 3 is 2.25 bits per heavy atom. The van der Waals surface area contributed by atoms with Gasteiger partial charge in [0.2, 0.25) is 0 Å². The second kappa shape index (κ2) is 6.67. The highest BCUT2D eigenvalue weighted by Gasteiger charge is 2.14. The molecule has 0 aliphatic heterocycles. The van der Waals surface area contributed by atoms with Crippen LogP contribution in [0.2, 0.25) is 10.0 Å². The van der Waals surface area contributed by atoms with Crippen LogP contribution in [0.3, 0.4) is 0 Å². The molecule has 3 rings (SSSR count). The van der Waals surface area contributed by atoms with E-state index in [1.54, 1.807) is 28.9 Å². The van der Waals surface area contributed by atoms with Crippen LogP contribution in [0.25, 0.3) is 5.69 Å². The standard InChI is InChI=1S/C18H15Cl2N3O/c1-11-3-5-16(6-4-11)23-12(2)7-17(22-23)18(24)21-15-9-13(19)8-14(20)10-15/h3-10H,1-2H3,(H,21,24). The number of halogens is 2. The zero-order chi connectivity index (χ0) is 17.3. The second-order valence-corrected chi connectivity index (χ2v) is 6.40. The smallest absolute Gasteiger partial charge is 0.276 e. The molecule has 122 valence electrons. The average Bonchev–Trinajstić information content (AvgIpc) is 2.89. The molecule has 0 saturated carbocycles. The molecule has 0 atom stereocenters. The minimum atomic E-state index is -0.317. The Labute approximate surface area is 150 Å². The van der Waals surface area contributed by atoms with Crippen molar-refractivity contribution in [3.05, 3.63) is 75.5 Å². The zero-order valence-corrected chi connectivity index (χ0v) is 14.7. The summed E-state index contributed by atoms with van der Waals surface area (Å²) in [5, 5.41) is 8.06. The first kappa shape index (κ1) is 16.6. The van der Waals surface area contributed by atoms with Crippen LogP contribution in [-0.2, 0) is 0 Å². The summed E-state index contributed by atoms with van der Waals surface area (Å²) < 4.78 is 1.74. The molecule has 0 saturated heterocycles. The second-order valence-electron chi connectivity index (χ2n) is 5.53. The fourth-order valence-electron chi connectivity index (χ4n) is 2.35. The van der Waals surface area contributed by atoms with E-state index in [0.717, 1.165) is 11.4 Å². The lowest BCUT2D eigenvalue weighted by Crippen LogP contribution is -2.13. The van der Waals surface area contributed by atoms with E-state index < -0.39 is 0 Å². The fourth-order valence-corrected chi connectivity index (χ4v) is 2.88. The number of nitrogens with one attached hydrogen (secondary N) is 1. The molecular weight excluding hydrogens is 345 g/mol. The van der Waals surface area contributed by atoms with Crippen LogP contribution in [0.5, 0.6) is 0 Å². The molecule has 1 aromatic heterocycles. The van der Waals surface area contributed by atoms with Gasteiger partial charge in [-0.25, -0.2) is 4.68 Å². The number of hydrogen-bond donors (Lipinski definition) is 1. The zero-order valence-electron chi connectivity index (χ0n) is 13.2. The molecule has 0 aliphatic carbocycles. The molecule has 2 aromatic carbocycles. The van der Waals surface area contributed by atoms with E-state index in [4.69, 9.17) is 23.2 Å². The predicted octanol–water partition coefficient (Wildman–Crippen LogP) is 5.05. The third kappa shape index (κ3) is 3.61. The molecule has 0 spiro atoms. The summed E-state index contributed by atoms with van der Waals surface area (Å²) in [5.74, 6) is -0.317. The van der Waals surface area contributed by atoms with Crippen molar-refractivity contribution < 1.29 is 4.79 Å². The summed E-state index contributed by atoms with van der Waals surface area (Å²) >= 11 is 11.9. The lowest BCUT2D eigenvalue weighted by atomic mass is 10.2. The van der Waals surface area contributed by atoms with Gasteiger partial charge in [-0.15, -0.1) is 0 Å². The Balaban J connectivity index is 1.86. The van der Waals surface area contributed by atoms with Crippen molar-refractivity contribution in [2.45, 2.75) is 13.8 Å². The summed E-state index contributed by atoms with van der Waals surface area (Å²) in [6.45, 7) is 3.93. The minimum absolute atomic E-state index is 0.317.